The predicted molar refractivity (Wildman–Crippen MR) is 94.3 cm³/mol. The molecule has 1 amide bonds. The fourth-order valence-corrected chi connectivity index (χ4v) is 2.21. The molecular formula is C20H25NO2. The molecule has 0 bridgehead atoms. The smallest absolute Gasteiger partial charge is 0.251 e. The van der Waals surface area contributed by atoms with Crippen LogP contribution in [0.25, 0.3) is 0 Å². The summed E-state index contributed by atoms with van der Waals surface area (Å²) in [6.45, 7) is 10.4. The molecule has 0 heterocycles. The molecule has 1 N–H and O–H groups in total. The van der Waals surface area contributed by atoms with Gasteiger partial charge in [-0.1, -0.05) is 39.0 Å². The molecule has 0 saturated heterocycles. The minimum atomic E-state index is -0.0890. The molecule has 0 aliphatic carbocycles. The molecule has 2 rings (SSSR count). The normalized spacial score (nSPS) is 11.4. The summed E-state index contributed by atoms with van der Waals surface area (Å²) in [5, 5.41) is 2.88. The van der Waals surface area contributed by atoms with Gasteiger partial charge >= 0.3 is 0 Å². The van der Waals surface area contributed by atoms with Gasteiger partial charge in [-0.2, -0.15) is 0 Å². The third kappa shape index (κ3) is 4.85. The Bertz CT molecular complexity index is 684. The van der Waals surface area contributed by atoms with E-state index in [-0.39, 0.29) is 17.4 Å². The summed E-state index contributed by atoms with van der Waals surface area (Å²) in [7, 11) is 0. The van der Waals surface area contributed by atoms with Gasteiger partial charge in [-0.25, -0.2) is 0 Å². The Kier molecular flexibility index (Phi) is 5.09. The van der Waals surface area contributed by atoms with Crippen molar-refractivity contribution in [2.45, 2.75) is 46.1 Å². The molecule has 0 unspecified atom stereocenters. The molecule has 2 aromatic carbocycles. The predicted octanol–water partition coefficient (Wildman–Crippen LogP) is 4.91. The molecule has 0 aromatic heterocycles. The zero-order valence-corrected chi connectivity index (χ0v) is 14.5. The van der Waals surface area contributed by atoms with E-state index in [4.69, 9.17) is 4.74 Å². The lowest BCUT2D eigenvalue weighted by molar-refractivity contribution is 0.0943. The van der Waals surface area contributed by atoms with Crippen molar-refractivity contribution >= 4 is 5.91 Å². The van der Waals surface area contributed by atoms with E-state index in [0.29, 0.717) is 11.3 Å². The number of hydrogen-bond donors (Lipinski definition) is 1. The summed E-state index contributed by atoms with van der Waals surface area (Å²) in [6.07, 6.45) is 0. The van der Waals surface area contributed by atoms with Gasteiger partial charge in [-0.15, -0.1) is 0 Å². The van der Waals surface area contributed by atoms with Crippen molar-refractivity contribution in [2.75, 3.05) is 0 Å². The number of hydrogen-bond acceptors (Lipinski definition) is 2. The second-order valence-electron chi connectivity index (χ2n) is 7.04. The Morgan fingerprint density at radius 1 is 1.00 bits per heavy atom. The fraction of sp³-hybridized carbons (Fsp3) is 0.350. The van der Waals surface area contributed by atoms with E-state index in [1.807, 2.05) is 44.2 Å². The average Bonchev–Trinajstić information content (AvgIpc) is 2.46. The summed E-state index contributed by atoms with van der Waals surface area (Å²) in [5.41, 5.74) is 1.88. The van der Waals surface area contributed by atoms with Crippen LogP contribution in [-0.2, 0) is 5.41 Å². The highest BCUT2D eigenvalue weighted by atomic mass is 16.5. The third-order valence-electron chi connectivity index (χ3n) is 3.45. The van der Waals surface area contributed by atoms with Gasteiger partial charge in [0.25, 0.3) is 5.91 Å². The van der Waals surface area contributed by atoms with E-state index in [2.05, 4.69) is 32.2 Å². The number of ether oxygens (including phenoxy) is 1. The molecule has 0 spiro atoms. The van der Waals surface area contributed by atoms with E-state index in [1.54, 1.807) is 12.1 Å². The highest BCUT2D eigenvalue weighted by Gasteiger charge is 2.14. The van der Waals surface area contributed by atoms with Crippen molar-refractivity contribution in [1.82, 2.24) is 5.32 Å². The molecule has 0 aliphatic heterocycles. The zero-order valence-electron chi connectivity index (χ0n) is 14.5. The van der Waals surface area contributed by atoms with Gasteiger partial charge in [-0.05, 0) is 55.2 Å². The molecule has 3 nitrogen and oxygen atoms in total. The Hall–Kier alpha value is -2.29. The molecule has 0 saturated carbocycles. The molecule has 2 aromatic rings. The largest absolute Gasteiger partial charge is 0.457 e. The highest BCUT2D eigenvalue weighted by molar-refractivity contribution is 5.94. The lowest BCUT2D eigenvalue weighted by atomic mass is 9.87. The van der Waals surface area contributed by atoms with Crippen LogP contribution in [0.1, 0.15) is 50.5 Å². The van der Waals surface area contributed by atoms with Crippen molar-refractivity contribution in [3.63, 3.8) is 0 Å². The number of amides is 1. The number of carbonyl (C=O) groups excluding carboxylic acids is 1. The Morgan fingerprint density at radius 2 is 1.61 bits per heavy atom. The van der Waals surface area contributed by atoms with Gasteiger partial charge in [0.1, 0.15) is 11.5 Å². The van der Waals surface area contributed by atoms with Crippen molar-refractivity contribution in [2.24, 2.45) is 0 Å². The summed E-state index contributed by atoms with van der Waals surface area (Å²) < 4.78 is 5.93. The van der Waals surface area contributed by atoms with Gasteiger partial charge < -0.3 is 10.1 Å². The van der Waals surface area contributed by atoms with Crippen molar-refractivity contribution in [1.29, 1.82) is 0 Å². The minimum absolute atomic E-state index is 0.0678. The second kappa shape index (κ2) is 6.86. The summed E-state index contributed by atoms with van der Waals surface area (Å²) in [5.74, 6) is 1.35. The first-order valence-corrected chi connectivity index (χ1v) is 7.95. The summed E-state index contributed by atoms with van der Waals surface area (Å²) in [4.78, 5) is 12.1. The summed E-state index contributed by atoms with van der Waals surface area (Å²) in [6, 6.07) is 15.4. The lowest BCUT2D eigenvalue weighted by Gasteiger charge is -2.19. The molecule has 122 valence electrons. The minimum Gasteiger partial charge on any atom is -0.457 e. The van der Waals surface area contributed by atoms with E-state index >= 15 is 0 Å². The van der Waals surface area contributed by atoms with Crippen LogP contribution in [0.5, 0.6) is 11.5 Å². The summed E-state index contributed by atoms with van der Waals surface area (Å²) >= 11 is 0. The molecule has 0 fully saturated rings. The van der Waals surface area contributed by atoms with Crippen LogP contribution in [0.4, 0.5) is 0 Å². The van der Waals surface area contributed by atoms with Crippen molar-refractivity contribution in [3.8, 4) is 11.5 Å². The monoisotopic (exact) mass is 311 g/mol. The average molecular weight is 311 g/mol. The number of rotatable bonds is 4. The van der Waals surface area contributed by atoms with Gasteiger partial charge in [0.2, 0.25) is 0 Å². The fourth-order valence-electron chi connectivity index (χ4n) is 2.21. The Balaban J connectivity index is 2.19. The van der Waals surface area contributed by atoms with Crippen molar-refractivity contribution in [3.05, 3.63) is 59.7 Å². The maximum atomic E-state index is 12.1. The first-order chi connectivity index (χ1) is 10.8. The van der Waals surface area contributed by atoms with Crippen LogP contribution in [0, 0.1) is 0 Å². The first kappa shape index (κ1) is 17.1. The van der Waals surface area contributed by atoms with E-state index in [1.165, 1.54) is 5.56 Å². The number of carbonyl (C=O) groups is 1. The lowest BCUT2D eigenvalue weighted by Crippen LogP contribution is -2.29. The SMILES string of the molecule is CC(C)NC(=O)c1cccc(Oc2cccc(C(C)(C)C)c2)c1. The van der Waals surface area contributed by atoms with Crippen LogP contribution in [-0.4, -0.2) is 11.9 Å². The van der Waals surface area contributed by atoms with Gasteiger partial charge in [0.15, 0.2) is 0 Å². The van der Waals surface area contributed by atoms with E-state index < -0.39 is 0 Å². The van der Waals surface area contributed by atoms with Gasteiger partial charge in [0.05, 0.1) is 0 Å². The van der Waals surface area contributed by atoms with Gasteiger partial charge in [-0.3, -0.25) is 4.79 Å². The first-order valence-electron chi connectivity index (χ1n) is 7.95. The van der Waals surface area contributed by atoms with Crippen LogP contribution in [0.3, 0.4) is 0 Å². The van der Waals surface area contributed by atoms with Crippen molar-refractivity contribution < 1.29 is 9.53 Å². The maximum absolute atomic E-state index is 12.1. The van der Waals surface area contributed by atoms with Crippen LogP contribution >= 0.6 is 0 Å². The number of nitrogens with one attached hydrogen (secondary N) is 1. The topological polar surface area (TPSA) is 38.3 Å². The number of benzene rings is 2. The molecule has 23 heavy (non-hydrogen) atoms. The Morgan fingerprint density at radius 3 is 2.22 bits per heavy atom. The zero-order chi connectivity index (χ0) is 17.0. The van der Waals surface area contributed by atoms with Crippen LogP contribution in [0.2, 0.25) is 0 Å². The van der Waals surface area contributed by atoms with E-state index in [0.717, 1.165) is 5.75 Å². The third-order valence-corrected chi connectivity index (χ3v) is 3.45. The maximum Gasteiger partial charge on any atom is 0.251 e. The van der Waals surface area contributed by atoms with E-state index in [9.17, 15) is 4.79 Å². The molecule has 3 heteroatoms. The molecule has 0 atom stereocenters. The highest BCUT2D eigenvalue weighted by Crippen LogP contribution is 2.28. The second-order valence-corrected chi connectivity index (χ2v) is 7.04. The molecule has 0 aliphatic rings. The quantitative estimate of drug-likeness (QED) is 0.871. The van der Waals surface area contributed by atoms with Crippen LogP contribution < -0.4 is 10.1 Å². The standard InChI is InChI=1S/C20H25NO2/c1-14(2)21-19(22)15-8-6-10-17(12-15)23-18-11-7-9-16(13-18)20(3,4)5/h6-14H,1-5H3,(H,21,22). The molecule has 0 radical (unpaired) electrons. The Labute approximate surface area is 138 Å². The van der Waals surface area contributed by atoms with Gasteiger partial charge in [0, 0.05) is 11.6 Å². The van der Waals surface area contributed by atoms with Crippen LogP contribution in [0.15, 0.2) is 48.5 Å². The molecular weight excluding hydrogens is 286 g/mol.